The van der Waals surface area contributed by atoms with E-state index in [1.54, 1.807) is 60.7 Å². The molecule has 0 saturated carbocycles. The molecule has 1 N–H and O–H groups in total. The zero-order chi connectivity index (χ0) is 22.0. The van der Waals surface area contributed by atoms with E-state index in [0.29, 0.717) is 28.4 Å². The third-order valence-electron chi connectivity index (χ3n) is 5.22. The normalized spacial score (nSPS) is 17.7. The summed E-state index contributed by atoms with van der Waals surface area (Å²) in [4.78, 5) is 27.4. The molecule has 1 amide bonds. The van der Waals surface area contributed by atoms with Crippen molar-refractivity contribution in [2.24, 2.45) is 0 Å². The average molecular weight is 419 g/mol. The fraction of sp³-hybridized carbons (Fsp3) is 0.167. The first-order valence-corrected chi connectivity index (χ1v) is 9.63. The summed E-state index contributed by atoms with van der Waals surface area (Å²) >= 11 is 0. The van der Waals surface area contributed by atoms with Crippen molar-refractivity contribution in [2.75, 3.05) is 14.2 Å². The Hall–Kier alpha value is -4.00. The summed E-state index contributed by atoms with van der Waals surface area (Å²) in [7, 11) is 3.03. The highest BCUT2D eigenvalue weighted by Crippen LogP contribution is 2.42. The highest BCUT2D eigenvalue weighted by atomic mass is 16.5. The molecular weight excluding hydrogens is 398 g/mol. The van der Waals surface area contributed by atoms with Crippen LogP contribution in [0, 0.1) is 0 Å². The topological polar surface area (TPSA) is 89.2 Å². The Morgan fingerprint density at radius 3 is 2.39 bits per heavy atom. The number of aliphatic hydroxyl groups is 1. The Morgan fingerprint density at radius 2 is 1.74 bits per heavy atom. The van der Waals surface area contributed by atoms with Crippen LogP contribution in [0.15, 0.2) is 76.9 Å². The second kappa shape index (κ2) is 8.39. The highest BCUT2D eigenvalue weighted by molar-refractivity contribution is 6.46. The molecule has 0 spiro atoms. The number of benzene rings is 2. The molecule has 1 aromatic heterocycles. The van der Waals surface area contributed by atoms with Gasteiger partial charge in [0.15, 0.2) is 11.5 Å². The van der Waals surface area contributed by atoms with E-state index in [1.807, 2.05) is 0 Å². The quantitative estimate of drug-likeness (QED) is 0.370. The van der Waals surface area contributed by atoms with Crippen molar-refractivity contribution in [2.45, 2.75) is 12.6 Å². The predicted molar refractivity (Wildman–Crippen MR) is 113 cm³/mol. The van der Waals surface area contributed by atoms with Gasteiger partial charge in [-0.3, -0.25) is 9.59 Å². The number of hydrogen-bond acceptors (Lipinski definition) is 6. The smallest absolute Gasteiger partial charge is 0.296 e. The number of amides is 1. The first-order chi connectivity index (χ1) is 15.0. The maximum Gasteiger partial charge on any atom is 0.296 e. The standard InChI is InChI=1S/C24H21NO6/c1-29-18-11-10-16(13-19(18)30-2)21-20(22(26)15-7-4-3-5-8-15)23(27)24(28)25(21)14-17-9-6-12-31-17/h3-13,21,26H,14H2,1-2H3/b22-20+/t21-/m0/s1. The number of furan rings is 1. The maximum atomic E-state index is 13.0. The van der Waals surface area contributed by atoms with Crippen LogP contribution in [-0.2, 0) is 16.1 Å². The number of ketones is 1. The Bertz CT molecular complexity index is 1130. The molecule has 158 valence electrons. The molecule has 1 aliphatic heterocycles. The third-order valence-corrected chi connectivity index (χ3v) is 5.22. The molecule has 1 atom stereocenters. The summed E-state index contributed by atoms with van der Waals surface area (Å²) in [5.74, 6) is -0.227. The molecule has 0 bridgehead atoms. The van der Waals surface area contributed by atoms with Crippen LogP contribution in [0.2, 0.25) is 0 Å². The minimum Gasteiger partial charge on any atom is -0.507 e. The van der Waals surface area contributed by atoms with Gasteiger partial charge in [-0.15, -0.1) is 0 Å². The van der Waals surface area contributed by atoms with Crippen LogP contribution in [0.25, 0.3) is 5.76 Å². The zero-order valence-corrected chi connectivity index (χ0v) is 17.1. The van der Waals surface area contributed by atoms with Crippen molar-refractivity contribution in [3.05, 3.63) is 89.4 Å². The van der Waals surface area contributed by atoms with Crippen LogP contribution in [0.3, 0.4) is 0 Å². The van der Waals surface area contributed by atoms with Gasteiger partial charge in [-0.2, -0.15) is 0 Å². The maximum absolute atomic E-state index is 13.0. The fourth-order valence-electron chi connectivity index (χ4n) is 3.73. The number of carbonyl (C=O) groups excluding carboxylic acids is 2. The van der Waals surface area contributed by atoms with Gasteiger partial charge < -0.3 is 23.9 Å². The Balaban J connectivity index is 1.89. The fourth-order valence-corrected chi connectivity index (χ4v) is 3.73. The second-order valence-electron chi connectivity index (χ2n) is 6.99. The first-order valence-electron chi connectivity index (χ1n) is 9.63. The number of rotatable bonds is 6. The van der Waals surface area contributed by atoms with Crippen molar-refractivity contribution in [3.8, 4) is 11.5 Å². The molecule has 2 aromatic carbocycles. The summed E-state index contributed by atoms with van der Waals surface area (Å²) in [6, 6.07) is 16.4. The molecular formula is C24H21NO6. The van der Waals surface area contributed by atoms with Gasteiger partial charge in [0.1, 0.15) is 11.5 Å². The molecule has 3 aromatic rings. The van der Waals surface area contributed by atoms with Gasteiger partial charge in [-0.25, -0.2) is 0 Å². The number of hydrogen-bond donors (Lipinski definition) is 1. The molecule has 1 saturated heterocycles. The Morgan fingerprint density at radius 1 is 1.00 bits per heavy atom. The van der Waals surface area contributed by atoms with Gasteiger partial charge >= 0.3 is 0 Å². The Kier molecular flexibility index (Phi) is 5.49. The Labute approximate surface area is 179 Å². The van der Waals surface area contributed by atoms with Gasteiger partial charge in [0.25, 0.3) is 11.7 Å². The lowest BCUT2D eigenvalue weighted by Gasteiger charge is -2.25. The van der Waals surface area contributed by atoms with Crippen molar-refractivity contribution in [1.82, 2.24) is 4.90 Å². The van der Waals surface area contributed by atoms with Gasteiger partial charge in [0, 0.05) is 5.56 Å². The summed E-state index contributed by atoms with van der Waals surface area (Å²) in [5, 5.41) is 11.0. The van der Waals surface area contributed by atoms with E-state index < -0.39 is 17.7 Å². The van der Waals surface area contributed by atoms with Crippen LogP contribution in [0.1, 0.15) is 22.9 Å². The lowest BCUT2D eigenvalue weighted by atomic mass is 9.95. The minimum atomic E-state index is -0.829. The van der Waals surface area contributed by atoms with E-state index >= 15 is 0 Å². The highest BCUT2D eigenvalue weighted by Gasteiger charge is 2.46. The molecule has 7 nitrogen and oxygen atoms in total. The van der Waals surface area contributed by atoms with Crippen LogP contribution in [-0.4, -0.2) is 35.9 Å². The summed E-state index contributed by atoms with van der Waals surface area (Å²) in [6.45, 7) is 0.0716. The molecule has 1 aliphatic rings. The van der Waals surface area contributed by atoms with E-state index in [4.69, 9.17) is 13.9 Å². The molecule has 4 rings (SSSR count). The molecule has 0 unspecified atom stereocenters. The minimum absolute atomic E-state index is 0.00924. The average Bonchev–Trinajstić information content (AvgIpc) is 3.41. The van der Waals surface area contributed by atoms with E-state index in [0.717, 1.165) is 0 Å². The SMILES string of the molecule is COc1ccc([C@H]2/C(=C(\O)c3ccccc3)C(=O)C(=O)N2Cc2ccco2)cc1OC. The van der Waals surface area contributed by atoms with Crippen LogP contribution in [0.5, 0.6) is 11.5 Å². The number of likely N-dealkylation sites (tertiary alicyclic amines) is 1. The van der Waals surface area contributed by atoms with E-state index in [-0.39, 0.29) is 17.9 Å². The number of aliphatic hydroxyl groups excluding tert-OH is 1. The molecule has 31 heavy (non-hydrogen) atoms. The van der Waals surface area contributed by atoms with Gasteiger partial charge in [0.2, 0.25) is 0 Å². The van der Waals surface area contributed by atoms with Gasteiger partial charge in [-0.1, -0.05) is 36.4 Å². The van der Waals surface area contributed by atoms with E-state index in [1.165, 1.54) is 25.4 Å². The van der Waals surface area contributed by atoms with Crippen LogP contribution >= 0.6 is 0 Å². The summed E-state index contributed by atoms with van der Waals surface area (Å²) in [5.41, 5.74) is 1.06. The van der Waals surface area contributed by atoms with E-state index in [2.05, 4.69) is 0 Å². The number of ether oxygens (including phenoxy) is 2. The largest absolute Gasteiger partial charge is 0.507 e. The monoisotopic (exact) mass is 419 g/mol. The summed E-state index contributed by atoms with van der Waals surface area (Å²) < 4.78 is 16.1. The number of methoxy groups -OCH3 is 2. The predicted octanol–water partition coefficient (Wildman–Crippen LogP) is 3.92. The lowest BCUT2D eigenvalue weighted by molar-refractivity contribution is -0.140. The molecule has 7 heteroatoms. The number of Topliss-reactive ketones (excluding diaryl/α,β-unsaturated/α-hetero) is 1. The van der Waals surface area contributed by atoms with Gasteiger partial charge in [0.05, 0.1) is 38.6 Å². The van der Waals surface area contributed by atoms with Crippen molar-refractivity contribution >= 4 is 17.4 Å². The van der Waals surface area contributed by atoms with E-state index in [9.17, 15) is 14.7 Å². The summed E-state index contributed by atoms with van der Waals surface area (Å²) in [6.07, 6.45) is 1.50. The van der Waals surface area contributed by atoms with Crippen molar-refractivity contribution in [3.63, 3.8) is 0 Å². The lowest BCUT2D eigenvalue weighted by Crippen LogP contribution is -2.29. The van der Waals surface area contributed by atoms with Gasteiger partial charge in [-0.05, 0) is 29.8 Å². The molecule has 0 radical (unpaired) electrons. The first kappa shape index (κ1) is 20.3. The molecule has 2 heterocycles. The van der Waals surface area contributed by atoms with Crippen LogP contribution in [0.4, 0.5) is 0 Å². The van der Waals surface area contributed by atoms with Crippen molar-refractivity contribution < 1.29 is 28.6 Å². The number of carbonyl (C=O) groups is 2. The number of nitrogens with zero attached hydrogens (tertiary/aromatic N) is 1. The van der Waals surface area contributed by atoms with Crippen molar-refractivity contribution in [1.29, 1.82) is 0 Å². The molecule has 0 aliphatic carbocycles. The van der Waals surface area contributed by atoms with Crippen LogP contribution < -0.4 is 9.47 Å². The molecule has 1 fully saturated rings. The second-order valence-corrected chi connectivity index (χ2v) is 6.99. The zero-order valence-electron chi connectivity index (χ0n) is 17.1. The third kappa shape index (κ3) is 3.66.